The first-order valence-corrected chi connectivity index (χ1v) is 10.3. The predicted octanol–water partition coefficient (Wildman–Crippen LogP) is 4.01. The molecule has 0 aliphatic carbocycles. The van der Waals surface area contributed by atoms with Gasteiger partial charge in [-0.25, -0.2) is 9.78 Å². The van der Waals surface area contributed by atoms with Crippen LogP contribution in [-0.4, -0.2) is 22.0 Å². The molecule has 0 saturated carbocycles. The number of phenolic OH excluding ortho intramolecular Hbond substituents is 1. The van der Waals surface area contributed by atoms with Crippen LogP contribution in [0.4, 0.5) is 5.82 Å². The van der Waals surface area contributed by atoms with Gasteiger partial charge in [0.1, 0.15) is 23.3 Å². The van der Waals surface area contributed by atoms with Crippen molar-refractivity contribution >= 4 is 11.7 Å². The van der Waals surface area contributed by atoms with Gasteiger partial charge in [-0.2, -0.15) is 4.57 Å². The number of carbonyl (C=O) groups excluding carboxylic acids is 1. The highest BCUT2D eigenvalue weighted by atomic mass is 16.3. The first-order chi connectivity index (χ1) is 15.2. The third-order valence-corrected chi connectivity index (χ3v) is 5.51. The number of carbonyl (C=O) groups is 1. The molecule has 0 spiro atoms. The molecule has 1 aliphatic rings. The van der Waals surface area contributed by atoms with Crippen molar-refractivity contribution in [2.24, 2.45) is 0 Å². The second-order valence-corrected chi connectivity index (χ2v) is 7.73. The summed E-state index contributed by atoms with van der Waals surface area (Å²) in [6.45, 7) is 0. The fourth-order valence-corrected chi connectivity index (χ4v) is 3.98. The van der Waals surface area contributed by atoms with Gasteiger partial charge in [0.15, 0.2) is 6.04 Å². The van der Waals surface area contributed by atoms with Crippen LogP contribution in [0.15, 0.2) is 91.1 Å². The van der Waals surface area contributed by atoms with Crippen molar-refractivity contribution in [3.8, 4) is 17.0 Å². The van der Waals surface area contributed by atoms with E-state index >= 15 is 0 Å². The third-order valence-electron chi connectivity index (χ3n) is 5.51. The lowest BCUT2D eigenvalue weighted by molar-refractivity contribution is -0.552. The van der Waals surface area contributed by atoms with Crippen molar-refractivity contribution in [2.75, 3.05) is 5.32 Å². The van der Waals surface area contributed by atoms with Crippen molar-refractivity contribution in [1.82, 2.24) is 4.98 Å². The monoisotopic (exact) mass is 408 g/mol. The van der Waals surface area contributed by atoms with Crippen LogP contribution in [0.3, 0.4) is 0 Å². The molecule has 2 N–H and O–H groups in total. The predicted molar refractivity (Wildman–Crippen MR) is 119 cm³/mol. The Morgan fingerprint density at radius 3 is 2.32 bits per heavy atom. The summed E-state index contributed by atoms with van der Waals surface area (Å²) >= 11 is 0. The molecule has 0 bridgehead atoms. The molecule has 5 rings (SSSR count). The number of anilines is 1. The Balaban J connectivity index is 1.56. The Labute approximate surface area is 180 Å². The molecule has 152 valence electrons. The molecule has 5 heteroatoms. The molecule has 0 fully saturated rings. The van der Waals surface area contributed by atoms with Crippen LogP contribution in [0, 0.1) is 0 Å². The zero-order valence-electron chi connectivity index (χ0n) is 16.9. The van der Waals surface area contributed by atoms with Crippen molar-refractivity contribution < 1.29 is 14.5 Å². The summed E-state index contributed by atoms with van der Waals surface area (Å²) in [5.74, 6) is 0.900. The molecule has 1 aromatic heterocycles. The number of hydrogen-bond acceptors (Lipinski definition) is 4. The molecule has 3 aromatic carbocycles. The molecule has 5 nitrogen and oxygen atoms in total. The fraction of sp³-hybridized carbons (Fsp3) is 0.115. The van der Waals surface area contributed by atoms with E-state index in [1.807, 2.05) is 54.6 Å². The maximum atomic E-state index is 13.3. The number of nitrogens with one attached hydrogen (secondary N) is 1. The molecule has 0 radical (unpaired) electrons. The molecule has 0 amide bonds. The van der Waals surface area contributed by atoms with Gasteiger partial charge in [0.25, 0.3) is 0 Å². The Morgan fingerprint density at radius 2 is 1.61 bits per heavy atom. The quantitative estimate of drug-likeness (QED) is 0.490. The van der Waals surface area contributed by atoms with Crippen molar-refractivity contribution in [2.45, 2.75) is 18.9 Å². The molecule has 1 unspecified atom stereocenters. The zero-order chi connectivity index (χ0) is 21.2. The van der Waals surface area contributed by atoms with E-state index < -0.39 is 0 Å². The first kappa shape index (κ1) is 19.0. The summed E-state index contributed by atoms with van der Waals surface area (Å²) in [4.78, 5) is 18.2. The summed E-state index contributed by atoms with van der Waals surface area (Å²) in [6, 6.07) is 26.7. The van der Waals surface area contributed by atoms with Gasteiger partial charge in [0.2, 0.25) is 0 Å². The van der Waals surface area contributed by atoms with Gasteiger partial charge >= 0.3 is 11.7 Å². The normalized spacial score (nSPS) is 14.8. The Kier molecular flexibility index (Phi) is 4.92. The highest BCUT2D eigenvalue weighted by Gasteiger charge is 2.41. The van der Waals surface area contributed by atoms with Crippen LogP contribution in [0.2, 0.25) is 0 Å². The van der Waals surface area contributed by atoms with E-state index in [2.05, 4.69) is 17.4 Å². The summed E-state index contributed by atoms with van der Waals surface area (Å²) in [7, 11) is 0. The van der Waals surface area contributed by atoms with Gasteiger partial charge in [-0.3, -0.25) is 5.32 Å². The van der Waals surface area contributed by atoms with Gasteiger partial charge < -0.3 is 5.11 Å². The average molecular weight is 408 g/mol. The van der Waals surface area contributed by atoms with Crippen LogP contribution in [0.1, 0.15) is 21.6 Å². The van der Waals surface area contributed by atoms with Crippen molar-refractivity contribution in [3.63, 3.8) is 0 Å². The summed E-state index contributed by atoms with van der Waals surface area (Å²) in [5.41, 5.74) is 4.44. The number of aromatic hydroxyl groups is 1. The number of aromatic nitrogens is 2. The minimum absolute atomic E-state index is 0.00281. The minimum atomic E-state index is -0.349. The molecule has 2 heterocycles. The third kappa shape index (κ3) is 3.90. The lowest BCUT2D eigenvalue weighted by atomic mass is 10.1. The van der Waals surface area contributed by atoms with Gasteiger partial charge in [0, 0.05) is 18.4 Å². The highest BCUT2D eigenvalue weighted by molar-refractivity contribution is 5.82. The first-order valence-electron chi connectivity index (χ1n) is 10.3. The molecule has 4 aromatic rings. The number of phenols is 1. The summed E-state index contributed by atoms with van der Waals surface area (Å²) in [5, 5.41) is 13.3. The van der Waals surface area contributed by atoms with Gasteiger partial charge in [0.05, 0.1) is 0 Å². The second-order valence-electron chi connectivity index (χ2n) is 7.73. The van der Waals surface area contributed by atoms with E-state index in [-0.39, 0.29) is 17.7 Å². The van der Waals surface area contributed by atoms with E-state index in [0.717, 1.165) is 28.2 Å². The van der Waals surface area contributed by atoms with Crippen LogP contribution in [0.5, 0.6) is 5.75 Å². The largest absolute Gasteiger partial charge is 0.508 e. The molecular weight excluding hydrogens is 386 g/mol. The van der Waals surface area contributed by atoms with E-state index in [0.29, 0.717) is 18.5 Å². The van der Waals surface area contributed by atoms with Gasteiger partial charge in [-0.05, 0) is 23.3 Å². The van der Waals surface area contributed by atoms with E-state index in [1.165, 1.54) is 0 Å². The fourth-order valence-electron chi connectivity index (χ4n) is 3.98. The number of fused-ring (bicyclic) bond motifs is 1. The average Bonchev–Trinajstić information content (AvgIpc) is 3.11. The number of hydrogen-bond donors (Lipinski definition) is 2. The molecule has 31 heavy (non-hydrogen) atoms. The van der Waals surface area contributed by atoms with Crippen molar-refractivity contribution in [3.05, 3.63) is 108 Å². The maximum absolute atomic E-state index is 13.3. The molecule has 0 saturated heterocycles. The molecular formula is C26H22N3O2+. The zero-order valence-corrected chi connectivity index (χ0v) is 16.9. The molecule has 1 atom stereocenters. The van der Waals surface area contributed by atoms with Crippen LogP contribution >= 0.6 is 0 Å². The second kappa shape index (κ2) is 8.03. The topological polar surface area (TPSA) is 66.1 Å². The summed E-state index contributed by atoms with van der Waals surface area (Å²) < 4.78 is 1.68. The Hall–Kier alpha value is -3.99. The van der Waals surface area contributed by atoms with E-state index in [1.54, 1.807) is 29.0 Å². The number of benzene rings is 3. The SMILES string of the molecule is O=C1C(Cc2ccccc2)Nc2c(Cc3ccccc3)nc(-c3cccc(O)c3)c[n+]21. The Bertz CT molecular complexity index is 1240. The van der Waals surface area contributed by atoms with Crippen LogP contribution in [-0.2, 0) is 12.8 Å². The van der Waals surface area contributed by atoms with Crippen LogP contribution in [0.25, 0.3) is 11.3 Å². The van der Waals surface area contributed by atoms with E-state index in [9.17, 15) is 9.90 Å². The van der Waals surface area contributed by atoms with E-state index in [4.69, 9.17) is 4.98 Å². The molecule has 1 aliphatic heterocycles. The summed E-state index contributed by atoms with van der Waals surface area (Å²) in [6.07, 6.45) is 2.97. The lowest BCUT2D eigenvalue weighted by Crippen LogP contribution is -2.44. The van der Waals surface area contributed by atoms with Gasteiger partial charge in [-0.1, -0.05) is 72.8 Å². The van der Waals surface area contributed by atoms with Crippen LogP contribution < -0.4 is 9.88 Å². The van der Waals surface area contributed by atoms with Crippen molar-refractivity contribution in [1.29, 1.82) is 0 Å². The number of rotatable bonds is 5. The number of nitrogens with zero attached hydrogens (tertiary/aromatic N) is 2. The maximum Gasteiger partial charge on any atom is 0.359 e. The standard InChI is InChI=1S/C26H21N3O2/c30-21-13-7-12-20(16-21)24-17-29-25(22(27-24)14-18-8-3-1-4-9-18)28-23(26(29)31)15-19-10-5-2-6-11-19/h1-13,16-17,23,30H,14-15H2/p+1. The smallest absolute Gasteiger partial charge is 0.359 e. The lowest BCUT2D eigenvalue weighted by Gasteiger charge is -2.07. The minimum Gasteiger partial charge on any atom is -0.508 e. The Morgan fingerprint density at radius 1 is 0.903 bits per heavy atom. The highest BCUT2D eigenvalue weighted by Crippen LogP contribution is 2.26. The van der Waals surface area contributed by atoms with Gasteiger partial charge in [-0.15, -0.1) is 0 Å².